The Bertz CT molecular complexity index is 310. The molecule has 0 atom stereocenters. The van der Waals surface area contributed by atoms with Gasteiger partial charge >= 0.3 is 0 Å². The third kappa shape index (κ3) is 1.43. The molecule has 1 saturated heterocycles. The number of pyridine rings is 1. The Kier molecular flexibility index (Phi) is 2.01. The van der Waals surface area contributed by atoms with E-state index in [0.29, 0.717) is 18.8 Å². The maximum Gasteiger partial charge on any atom is 0.221 e. The van der Waals surface area contributed by atoms with Crippen molar-refractivity contribution in [2.45, 2.75) is 12.7 Å². The van der Waals surface area contributed by atoms with Gasteiger partial charge in [-0.05, 0) is 19.1 Å². The minimum absolute atomic E-state index is 0.354. The van der Waals surface area contributed by atoms with Crippen molar-refractivity contribution < 1.29 is 13.9 Å². The predicted molar refractivity (Wildman–Crippen MR) is 43.5 cm³/mol. The zero-order valence-electron chi connectivity index (χ0n) is 7.29. The normalized spacial score (nSPS) is 20.5. The topological polar surface area (TPSA) is 31.4 Å². The molecule has 1 aliphatic rings. The molecule has 1 aromatic rings. The summed E-state index contributed by atoms with van der Waals surface area (Å²) in [4.78, 5) is 3.54. The lowest BCUT2D eigenvalue weighted by Crippen LogP contribution is -2.24. The lowest BCUT2D eigenvalue weighted by atomic mass is 10.1. The van der Waals surface area contributed by atoms with E-state index in [9.17, 15) is 4.39 Å². The summed E-state index contributed by atoms with van der Waals surface area (Å²) >= 11 is 0. The fourth-order valence-corrected chi connectivity index (χ4v) is 1.39. The Labute approximate surface area is 75.5 Å². The number of nitrogens with zero attached hydrogens (tertiary/aromatic N) is 1. The van der Waals surface area contributed by atoms with E-state index in [1.54, 1.807) is 19.1 Å². The van der Waals surface area contributed by atoms with Crippen molar-refractivity contribution in [1.29, 1.82) is 0 Å². The van der Waals surface area contributed by atoms with Crippen molar-refractivity contribution >= 4 is 0 Å². The van der Waals surface area contributed by atoms with Gasteiger partial charge in [-0.2, -0.15) is 4.39 Å². The molecule has 2 heterocycles. The number of rotatable bonds is 1. The maximum absolute atomic E-state index is 13.2. The lowest BCUT2D eigenvalue weighted by Gasteiger charge is -2.22. The summed E-state index contributed by atoms with van der Waals surface area (Å²) in [5.41, 5.74) is 0.354. The zero-order valence-corrected chi connectivity index (χ0v) is 7.29. The van der Waals surface area contributed by atoms with Crippen LogP contribution in [0.5, 0.6) is 0 Å². The summed E-state index contributed by atoms with van der Waals surface area (Å²) in [5, 5.41) is 0. The molecule has 70 valence electrons. The molecule has 0 unspecified atom stereocenters. The Hall–Kier alpha value is -1.00. The second-order valence-corrected chi connectivity index (χ2v) is 2.98. The van der Waals surface area contributed by atoms with E-state index in [1.165, 1.54) is 6.20 Å². The van der Waals surface area contributed by atoms with Crippen LogP contribution in [0.2, 0.25) is 0 Å². The van der Waals surface area contributed by atoms with E-state index in [0.717, 1.165) is 0 Å². The van der Waals surface area contributed by atoms with Crippen LogP contribution in [0, 0.1) is 5.95 Å². The van der Waals surface area contributed by atoms with E-state index < -0.39 is 11.7 Å². The number of aromatic nitrogens is 1. The minimum atomic E-state index is -0.960. The first-order valence-corrected chi connectivity index (χ1v) is 4.11. The highest BCUT2D eigenvalue weighted by Crippen LogP contribution is 2.31. The molecular weight excluding hydrogens is 173 g/mol. The summed E-state index contributed by atoms with van der Waals surface area (Å²) in [6, 6.07) is 3.28. The van der Waals surface area contributed by atoms with Crippen LogP contribution in [0.4, 0.5) is 4.39 Å². The van der Waals surface area contributed by atoms with E-state index in [1.807, 2.05) is 0 Å². The highest BCUT2D eigenvalue weighted by atomic mass is 19.1. The molecule has 0 aliphatic carbocycles. The van der Waals surface area contributed by atoms with Crippen molar-refractivity contribution in [3.05, 3.63) is 29.8 Å². The van der Waals surface area contributed by atoms with E-state index in [4.69, 9.17) is 9.47 Å². The molecule has 0 N–H and O–H groups in total. The molecule has 0 amide bonds. The monoisotopic (exact) mass is 183 g/mol. The summed E-state index contributed by atoms with van der Waals surface area (Å²) < 4.78 is 23.8. The van der Waals surface area contributed by atoms with Crippen LogP contribution < -0.4 is 0 Å². The fraction of sp³-hybridized carbons (Fsp3) is 0.444. The first-order valence-electron chi connectivity index (χ1n) is 4.11. The number of hydrogen-bond acceptors (Lipinski definition) is 3. The molecule has 0 aromatic carbocycles. The quantitative estimate of drug-likeness (QED) is 0.617. The van der Waals surface area contributed by atoms with Gasteiger partial charge in [-0.25, -0.2) is 4.98 Å². The Morgan fingerprint density at radius 2 is 2.15 bits per heavy atom. The average Bonchev–Trinajstić information content (AvgIpc) is 2.54. The van der Waals surface area contributed by atoms with Crippen molar-refractivity contribution in [2.75, 3.05) is 13.2 Å². The zero-order chi connectivity index (χ0) is 9.31. The third-order valence-corrected chi connectivity index (χ3v) is 2.09. The number of halogens is 1. The van der Waals surface area contributed by atoms with E-state index in [2.05, 4.69) is 4.98 Å². The first kappa shape index (κ1) is 8.59. The van der Waals surface area contributed by atoms with Crippen LogP contribution in [0.1, 0.15) is 12.5 Å². The molecule has 1 fully saturated rings. The van der Waals surface area contributed by atoms with Crippen molar-refractivity contribution in [3.8, 4) is 0 Å². The highest BCUT2D eigenvalue weighted by molar-refractivity contribution is 5.17. The van der Waals surface area contributed by atoms with Crippen LogP contribution in [0.25, 0.3) is 0 Å². The van der Waals surface area contributed by atoms with Gasteiger partial charge < -0.3 is 9.47 Å². The molecule has 4 heteroatoms. The van der Waals surface area contributed by atoms with E-state index >= 15 is 0 Å². The molecule has 3 nitrogen and oxygen atoms in total. The molecule has 0 spiro atoms. The van der Waals surface area contributed by atoms with Crippen LogP contribution in [-0.4, -0.2) is 18.2 Å². The molecular formula is C9H10FNO2. The standard InChI is InChI=1S/C9H10FNO2/c1-9(12-5-6-13-9)7-3-2-4-11-8(7)10/h2-4H,5-6H2,1H3. The average molecular weight is 183 g/mol. The largest absolute Gasteiger partial charge is 0.344 e. The van der Waals surface area contributed by atoms with Gasteiger partial charge in [0.15, 0.2) is 5.79 Å². The lowest BCUT2D eigenvalue weighted by molar-refractivity contribution is -0.152. The molecule has 13 heavy (non-hydrogen) atoms. The summed E-state index contributed by atoms with van der Waals surface area (Å²) in [6.07, 6.45) is 1.40. The van der Waals surface area contributed by atoms with Gasteiger partial charge in [-0.1, -0.05) is 0 Å². The number of hydrogen-bond donors (Lipinski definition) is 0. The molecule has 1 aromatic heterocycles. The number of ether oxygens (including phenoxy) is 2. The van der Waals surface area contributed by atoms with Crippen molar-refractivity contribution in [3.63, 3.8) is 0 Å². The van der Waals surface area contributed by atoms with Gasteiger partial charge in [0, 0.05) is 6.20 Å². The Morgan fingerprint density at radius 3 is 2.77 bits per heavy atom. The van der Waals surface area contributed by atoms with E-state index in [-0.39, 0.29) is 0 Å². The summed E-state index contributed by atoms with van der Waals surface area (Å²) in [7, 11) is 0. The van der Waals surface area contributed by atoms with Gasteiger partial charge in [0.25, 0.3) is 0 Å². The maximum atomic E-state index is 13.2. The molecule has 0 bridgehead atoms. The predicted octanol–water partition coefficient (Wildman–Crippen LogP) is 1.44. The second kappa shape index (κ2) is 3.05. The summed E-state index contributed by atoms with van der Waals surface area (Å²) in [6.45, 7) is 2.68. The van der Waals surface area contributed by atoms with Crippen LogP contribution in [0.15, 0.2) is 18.3 Å². The molecule has 1 aliphatic heterocycles. The van der Waals surface area contributed by atoms with Gasteiger partial charge in [0.1, 0.15) is 0 Å². The molecule has 2 rings (SSSR count). The molecule has 0 saturated carbocycles. The van der Waals surface area contributed by atoms with Crippen LogP contribution >= 0.6 is 0 Å². The Balaban J connectivity index is 2.39. The van der Waals surface area contributed by atoms with Crippen LogP contribution in [0.3, 0.4) is 0 Å². The summed E-state index contributed by atoms with van der Waals surface area (Å²) in [5.74, 6) is -1.50. The van der Waals surface area contributed by atoms with Crippen molar-refractivity contribution in [2.24, 2.45) is 0 Å². The van der Waals surface area contributed by atoms with Crippen LogP contribution in [-0.2, 0) is 15.3 Å². The van der Waals surface area contributed by atoms with Gasteiger partial charge in [0.05, 0.1) is 18.8 Å². The first-order chi connectivity index (χ1) is 6.22. The SMILES string of the molecule is CC1(c2cccnc2F)OCCO1. The molecule has 0 radical (unpaired) electrons. The van der Waals surface area contributed by atoms with Crippen molar-refractivity contribution in [1.82, 2.24) is 4.98 Å². The van der Waals surface area contributed by atoms with Gasteiger partial charge in [-0.15, -0.1) is 0 Å². The second-order valence-electron chi connectivity index (χ2n) is 2.98. The smallest absolute Gasteiger partial charge is 0.221 e. The van der Waals surface area contributed by atoms with Gasteiger partial charge in [0.2, 0.25) is 5.95 Å². The fourth-order valence-electron chi connectivity index (χ4n) is 1.39. The Morgan fingerprint density at radius 1 is 1.46 bits per heavy atom. The highest BCUT2D eigenvalue weighted by Gasteiger charge is 2.35. The minimum Gasteiger partial charge on any atom is -0.344 e. The van der Waals surface area contributed by atoms with Gasteiger partial charge in [-0.3, -0.25) is 0 Å². The third-order valence-electron chi connectivity index (χ3n) is 2.09.